The second kappa shape index (κ2) is 6.68. The molecule has 2 aromatic heterocycles. The lowest BCUT2D eigenvalue weighted by Gasteiger charge is -2.21. The normalized spacial score (nSPS) is 19.8. The largest absolute Gasteiger partial charge is 0.507 e. The molecule has 1 aliphatic heterocycles. The Morgan fingerprint density at radius 2 is 2.12 bits per heavy atom. The van der Waals surface area contributed by atoms with E-state index in [9.17, 15) is 10.2 Å². The monoisotopic (exact) mass is 372 g/mol. The fourth-order valence-corrected chi connectivity index (χ4v) is 3.18. The van der Waals surface area contributed by atoms with Gasteiger partial charge in [0.05, 0.1) is 6.61 Å². The van der Waals surface area contributed by atoms with E-state index < -0.39 is 5.60 Å². The van der Waals surface area contributed by atoms with Gasteiger partial charge in [-0.2, -0.15) is 0 Å². The quantitative estimate of drug-likeness (QED) is 0.647. The summed E-state index contributed by atoms with van der Waals surface area (Å²) in [5, 5.41) is 34.3. The van der Waals surface area contributed by atoms with Crippen molar-refractivity contribution < 1.29 is 14.9 Å². The SMILES string of the molecule is Oc1cc(Cl)ccc1-c1nnc(NCC2(O)CCOC2)c2cnccc12. The van der Waals surface area contributed by atoms with Crippen LogP contribution in [-0.2, 0) is 4.74 Å². The molecule has 0 aliphatic carbocycles. The molecule has 1 atom stereocenters. The summed E-state index contributed by atoms with van der Waals surface area (Å²) in [4.78, 5) is 4.16. The van der Waals surface area contributed by atoms with Gasteiger partial charge >= 0.3 is 0 Å². The lowest BCUT2D eigenvalue weighted by Crippen LogP contribution is -2.37. The summed E-state index contributed by atoms with van der Waals surface area (Å²) in [6.45, 7) is 1.14. The van der Waals surface area contributed by atoms with Crippen molar-refractivity contribution >= 4 is 28.2 Å². The lowest BCUT2D eigenvalue weighted by molar-refractivity contribution is 0.0381. The van der Waals surface area contributed by atoms with Gasteiger partial charge in [0.25, 0.3) is 0 Å². The fraction of sp³-hybridized carbons (Fsp3) is 0.278. The van der Waals surface area contributed by atoms with Gasteiger partial charge in [0.2, 0.25) is 0 Å². The van der Waals surface area contributed by atoms with Gasteiger partial charge in [0, 0.05) is 53.3 Å². The molecular formula is C18H17ClN4O3. The first-order valence-electron chi connectivity index (χ1n) is 8.19. The van der Waals surface area contributed by atoms with Crippen molar-refractivity contribution in [1.29, 1.82) is 0 Å². The number of fused-ring (bicyclic) bond motifs is 1. The third-order valence-corrected chi connectivity index (χ3v) is 4.70. The molecule has 26 heavy (non-hydrogen) atoms. The lowest BCUT2D eigenvalue weighted by atomic mass is 10.0. The Bertz CT molecular complexity index is 960. The average molecular weight is 373 g/mol. The zero-order valence-corrected chi connectivity index (χ0v) is 14.6. The molecule has 7 nitrogen and oxygen atoms in total. The van der Waals surface area contributed by atoms with Crippen LogP contribution in [0.2, 0.25) is 5.02 Å². The van der Waals surface area contributed by atoms with E-state index in [-0.39, 0.29) is 5.75 Å². The van der Waals surface area contributed by atoms with Gasteiger partial charge in [-0.25, -0.2) is 0 Å². The number of pyridine rings is 1. The Morgan fingerprint density at radius 3 is 2.88 bits per heavy atom. The number of aromatic hydroxyl groups is 1. The summed E-state index contributed by atoms with van der Waals surface area (Å²) < 4.78 is 5.26. The highest BCUT2D eigenvalue weighted by atomic mass is 35.5. The molecule has 1 aromatic carbocycles. The number of anilines is 1. The predicted octanol–water partition coefficient (Wildman–Crippen LogP) is 2.61. The number of benzene rings is 1. The molecule has 1 fully saturated rings. The Morgan fingerprint density at radius 1 is 1.23 bits per heavy atom. The number of nitrogens with one attached hydrogen (secondary N) is 1. The highest BCUT2D eigenvalue weighted by molar-refractivity contribution is 6.30. The highest BCUT2D eigenvalue weighted by Crippen LogP contribution is 2.35. The molecular weight excluding hydrogens is 356 g/mol. The van der Waals surface area contributed by atoms with Crippen LogP contribution < -0.4 is 5.32 Å². The predicted molar refractivity (Wildman–Crippen MR) is 98.3 cm³/mol. The van der Waals surface area contributed by atoms with E-state index in [0.717, 1.165) is 10.8 Å². The van der Waals surface area contributed by atoms with Gasteiger partial charge in [0.1, 0.15) is 17.0 Å². The minimum absolute atomic E-state index is 0.0306. The number of phenolic OH excluding ortho intramolecular Hbond substituents is 1. The maximum Gasteiger partial charge on any atom is 0.158 e. The number of halogens is 1. The number of nitrogens with zero attached hydrogens (tertiary/aromatic N) is 3. The van der Waals surface area contributed by atoms with Crippen molar-refractivity contribution in [1.82, 2.24) is 15.2 Å². The van der Waals surface area contributed by atoms with Crippen molar-refractivity contribution in [3.05, 3.63) is 41.7 Å². The molecule has 1 aliphatic rings. The number of aromatic nitrogens is 3. The maximum absolute atomic E-state index is 10.4. The number of aliphatic hydroxyl groups is 1. The van der Waals surface area contributed by atoms with Crippen LogP contribution in [0.5, 0.6) is 5.75 Å². The molecule has 8 heteroatoms. The topological polar surface area (TPSA) is 100 Å². The van der Waals surface area contributed by atoms with Gasteiger partial charge in [0.15, 0.2) is 5.82 Å². The first-order chi connectivity index (χ1) is 12.6. The fourth-order valence-electron chi connectivity index (χ4n) is 3.02. The number of phenols is 1. The average Bonchev–Trinajstić information content (AvgIpc) is 3.07. The van der Waals surface area contributed by atoms with Gasteiger partial charge in [-0.05, 0) is 24.3 Å². The Kier molecular flexibility index (Phi) is 4.36. The zero-order valence-electron chi connectivity index (χ0n) is 13.8. The molecule has 0 amide bonds. The van der Waals surface area contributed by atoms with E-state index in [4.69, 9.17) is 16.3 Å². The molecule has 4 rings (SSSR count). The van der Waals surface area contributed by atoms with Gasteiger partial charge in [-0.15, -0.1) is 10.2 Å². The molecule has 3 heterocycles. The van der Waals surface area contributed by atoms with E-state index in [1.54, 1.807) is 24.5 Å². The van der Waals surface area contributed by atoms with Crippen LogP contribution in [-0.4, -0.2) is 50.8 Å². The summed E-state index contributed by atoms with van der Waals surface area (Å²) in [6, 6.07) is 6.67. The van der Waals surface area contributed by atoms with Crippen molar-refractivity contribution in [2.24, 2.45) is 0 Å². The van der Waals surface area contributed by atoms with Gasteiger partial charge < -0.3 is 20.3 Å². The van der Waals surface area contributed by atoms with E-state index in [1.807, 2.05) is 6.07 Å². The molecule has 3 N–H and O–H groups in total. The summed E-state index contributed by atoms with van der Waals surface area (Å²) in [6.07, 6.45) is 3.90. The van der Waals surface area contributed by atoms with E-state index in [0.29, 0.717) is 48.3 Å². The van der Waals surface area contributed by atoms with Crippen molar-refractivity contribution in [3.63, 3.8) is 0 Å². The van der Waals surface area contributed by atoms with Crippen LogP contribution in [0.1, 0.15) is 6.42 Å². The Balaban J connectivity index is 1.73. The number of hydrogen-bond acceptors (Lipinski definition) is 7. The highest BCUT2D eigenvalue weighted by Gasteiger charge is 2.32. The standard InChI is InChI=1S/C18H17ClN4O3/c19-11-1-2-13(15(24)7-11)16-12-3-5-20-8-14(12)17(23-22-16)21-9-18(25)4-6-26-10-18/h1-3,5,7-8,24-25H,4,6,9-10H2,(H,21,23). The van der Waals surface area contributed by atoms with Crippen LogP contribution in [0.4, 0.5) is 5.82 Å². The molecule has 134 valence electrons. The first-order valence-corrected chi connectivity index (χ1v) is 8.57. The summed E-state index contributed by atoms with van der Waals surface area (Å²) in [5.41, 5.74) is 0.154. The van der Waals surface area contributed by atoms with Crippen LogP contribution >= 0.6 is 11.6 Å². The van der Waals surface area contributed by atoms with Crippen LogP contribution in [0.3, 0.4) is 0 Å². The maximum atomic E-state index is 10.4. The molecule has 0 saturated carbocycles. The van der Waals surface area contributed by atoms with Crippen LogP contribution in [0.25, 0.3) is 22.0 Å². The molecule has 0 spiro atoms. The second-order valence-corrected chi connectivity index (χ2v) is 6.80. The van der Waals surface area contributed by atoms with Crippen molar-refractivity contribution in [3.8, 4) is 17.0 Å². The smallest absolute Gasteiger partial charge is 0.158 e. The number of hydrogen-bond donors (Lipinski definition) is 3. The van der Waals surface area contributed by atoms with Gasteiger partial charge in [-0.1, -0.05) is 11.6 Å². The van der Waals surface area contributed by atoms with Crippen LogP contribution in [0, 0.1) is 0 Å². The van der Waals surface area contributed by atoms with Crippen molar-refractivity contribution in [2.45, 2.75) is 12.0 Å². The summed E-state index contributed by atoms with van der Waals surface area (Å²) in [5.74, 6) is 0.550. The third-order valence-electron chi connectivity index (χ3n) is 4.46. The van der Waals surface area contributed by atoms with Crippen LogP contribution in [0.15, 0.2) is 36.7 Å². The van der Waals surface area contributed by atoms with Gasteiger partial charge in [-0.3, -0.25) is 4.98 Å². The molecule has 0 bridgehead atoms. The van der Waals surface area contributed by atoms with E-state index >= 15 is 0 Å². The minimum atomic E-state index is -0.913. The molecule has 3 aromatic rings. The van der Waals surface area contributed by atoms with E-state index in [1.165, 1.54) is 6.07 Å². The van der Waals surface area contributed by atoms with E-state index in [2.05, 4.69) is 20.5 Å². The summed E-state index contributed by atoms with van der Waals surface area (Å²) in [7, 11) is 0. The first kappa shape index (κ1) is 17.0. The Labute approximate surface area is 154 Å². The minimum Gasteiger partial charge on any atom is -0.507 e. The molecule has 1 unspecified atom stereocenters. The Hall–Kier alpha value is -2.48. The number of ether oxygens (including phenoxy) is 1. The molecule has 0 radical (unpaired) electrons. The third kappa shape index (κ3) is 3.16. The number of rotatable bonds is 4. The molecule has 1 saturated heterocycles. The summed E-state index contributed by atoms with van der Waals surface area (Å²) >= 11 is 5.91. The zero-order chi connectivity index (χ0) is 18.1. The second-order valence-electron chi connectivity index (χ2n) is 6.36. The van der Waals surface area contributed by atoms with Crippen molar-refractivity contribution in [2.75, 3.05) is 25.1 Å².